The average molecular weight is 300 g/mol. The number of carboxylic acid groups (broad SMARTS) is 1. The van der Waals surface area contributed by atoms with Gasteiger partial charge in [0.1, 0.15) is 11.6 Å². The summed E-state index contributed by atoms with van der Waals surface area (Å²) in [5, 5.41) is 18.9. The van der Waals surface area contributed by atoms with Gasteiger partial charge in [0.15, 0.2) is 0 Å². The maximum absolute atomic E-state index is 12.7. The van der Waals surface area contributed by atoms with Gasteiger partial charge in [-0.1, -0.05) is 13.8 Å². The van der Waals surface area contributed by atoms with Crippen LogP contribution in [0.2, 0.25) is 0 Å². The van der Waals surface area contributed by atoms with Crippen LogP contribution in [0, 0.1) is 5.41 Å². The number of aliphatic hydroxyl groups is 1. The summed E-state index contributed by atoms with van der Waals surface area (Å²) in [6, 6.07) is -1.00. The third-order valence-electron chi connectivity index (χ3n) is 5.04. The van der Waals surface area contributed by atoms with Crippen molar-refractivity contribution in [2.75, 3.05) is 13.2 Å². The van der Waals surface area contributed by atoms with Crippen LogP contribution < -0.4 is 5.73 Å². The van der Waals surface area contributed by atoms with E-state index in [1.54, 1.807) is 0 Å². The van der Waals surface area contributed by atoms with Crippen molar-refractivity contribution in [3.05, 3.63) is 0 Å². The SMILES string of the molecule is CCOC1CC(N)(C(=O)N2C[C@H](O)C[C@@H]2C(=O)O)C1(C)C. The molecule has 0 aromatic carbocycles. The second-order valence-corrected chi connectivity index (χ2v) is 6.54. The van der Waals surface area contributed by atoms with Crippen LogP contribution >= 0.6 is 0 Å². The summed E-state index contributed by atoms with van der Waals surface area (Å²) in [5.74, 6) is -1.52. The zero-order valence-corrected chi connectivity index (χ0v) is 12.7. The molecule has 2 fully saturated rings. The van der Waals surface area contributed by atoms with Crippen LogP contribution in [0.15, 0.2) is 0 Å². The number of likely N-dealkylation sites (tertiary alicyclic amines) is 1. The number of carboxylic acids is 1. The van der Waals surface area contributed by atoms with E-state index in [1.807, 2.05) is 20.8 Å². The monoisotopic (exact) mass is 300 g/mol. The minimum absolute atomic E-state index is 0.0180. The van der Waals surface area contributed by atoms with Gasteiger partial charge in [0.05, 0.1) is 12.2 Å². The first kappa shape index (κ1) is 16.2. The highest BCUT2D eigenvalue weighted by Crippen LogP contribution is 2.51. The molecule has 2 rings (SSSR count). The van der Waals surface area contributed by atoms with E-state index in [0.717, 1.165) is 0 Å². The molecule has 0 radical (unpaired) electrons. The number of nitrogens with zero attached hydrogens (tertiary/aromatic N) is 1. The number of aliphatic carboxylic acids is 1. The van der Waals surface area contributed by atoms with Crippen LogP contribution in [0.3, 0.4) is 0 Å². The first-order valence-corrected chi connectivity index (χ1v) is 7.27. The van der Waals surface area contributed by atoms with Crippen LogP contribution in [-0.2, 0) is 14.3 Å². The summed E-state index contributed by atoms with van der Waals surface area (Å²) >= 11 is 0. The van der Waals surface area contributed by atoms with Gasteiger partial charge in [-0.3, -0.25) is 4.79 Å². The molecular formula is C14H24N2O5. The number of aliphatic hydroxyl groups excluding tert-OH is 1. The Morgan fingerprint density at radius 1 is 1.43 bits per heavy atom. The standard InChI is InChI=1S/C14H24N2O5/c1-4-21-10-6-14(15,13(10,2)3)12(20)16-7-8(17)5-9(16)11(18)19/h8-10,17H,4-7,15H2,1-3H3,(H,18,19)/t8-,9-,10?,14?/m1/s1. The van der Waals surface area contributed by atoms with Crippen LogP contribution in [0.25, 0.3) is 0 Å². The number of carbonyl (C=O) groups excluding carboxylic acids is 1. The summed E-state index contributed by atoms with van der Waals surface area (Å²) in [5.41, 5.74) is 4.57. The molecule has 4 N–H and O–H groups in total. The molecule has 7 nitrogen and oxygen atoms in total. The molecular weight excluding hydrogens is 276 g/mol. The van der Waals surface area contributed by atoms with Gasteiger partial charge >= 0.3 is 5.97 Å². The summed E-state index contributed by atoms with van der Waals surface area (Å²) in [6.45, 7) is 6.16. The van der Waals surface area contributed by atoms with Crippen molar-refractivity contribution in [3.8, 4) is 0 Å². The molecule has 0 spiro atoms. The van der Waals surface area contributed by atoms with Gasteiger partial charge in [0.25, 0.3) is 0 Å². The zero-order valence-electron chi connectivity index (χ0n) is 12.7. The third kappa shape index (κ3) is 2.33. The molecule has 2 unspecified atom stereocenters. The number of nitrogens with two attached hydrogens (primary N) is 1. The lowest BCUT2D eigenvalue weighted by atomic mass is 9.54. The molecule has 0 aromatic heterocycles. The van der Waals surface area contributed by atoms with Crippen molar-refractivity contribution >= 4 is 11.9 Å². The minimum Gasteiger partial charge on any atom is -0.480 e. The van der Waals surface area contributed by atoms with E-state index in [-0.39, 0.29) is 19.1 Å². The van der Waals surface area contributed by atoms with Gasteiger partial charge in [0.2, 0.25) is 5.91 Å². The molecule has 120 valence electrons. The first-order chi connectivity index (χ1) is 9.65. The van der Waals surface area contributed by atoms with E-state index in [1.165, 1.54) is 4.90 Å². The van der Waals surface area contributed by atoms with Crippen LogP contribution in [0.4, 0.5) is 0 Å². The van der Waals surface area contributed by atoms with Crippen molar-refractivity contribution in [2.45, 2.75) is 57.4 Å². The maximum Gasteiger partial charge on any atom is 0.326 e. The number of β-amino-alcohol motifs (C(OH)–C–C–N with tert-alkyl or cyclic N) is 1. The van der Waals surface area contributed by atoms with E-state index in [0.29, 0.717) is 13.0 Å². The summed E-state index contributed by atoms with van der Waals surface area (Å²) < 4.78 is 5.58. The molecule has 1 saturated heterocycles. The second kappa shape index (κ2) is 5.23. The lowest BCUT2D eigenvalue weighted by molar-refractivity contribution is -0.181. The topological polar surface area (TPSA) is 113 Å². The number of carbonyl (C=O) groups is 2. The lowest BCUT2D eigenvalue weighted by Gasteiger charge is -2.58. The van der Waals surface area contributed by atoms with Crippen molar-refractivity contribution in [2.24, 2.45) is 11.1 Å². The van der Waals surface area contributed by atoms with E-state index in [9.17, 15) is 19.8 Å². The quantitative estimate of drug-likeness (QED) is 0.649. The molecule has 0 bridgehead atoms. The number of hydrogen-bond acceptors (Lipinski definition) is 5. The Morgan fingerprint density at radius 3 is 2.52 bits per heavy atom. The predicted octanol–water partition coefficient (Wildman–Crippen LogP) is -0.435. The second-order valence-electron chi connectivity index (χ2n) is 6.54. The van der Waals surface area contributed by atoms with Gasteiger partial charge in [-0.05, 0) is 6.92 Å². The van der Waals surface area contributed by atoms with E-state index >= 15 is 0 Å². The highest BCUT2D eigenvalue weighted by Gasteiger charge is 2.64. The molecule has 1 aliphatic heterocycles. The van der Waals surface area contributed by atoms with Crippen LogP contribution in [0.1, 0.15) is 33.6 Å². The Morgan fingerprint density at radius 2 is 2.05 bits per heavy atom. The zero-order chi connectivity index (χ0) is 16.0. The Kier molecular flexibility index (Phi) is 4.03. The highest BCUT2D eigenvalue weighted by atomic mass is 16.5. The summed E-state index contributed by atoms with van der Waals surface area (Å²) in [6.07, 6.45) is -0.519. The minimum atomic E-state index is -1.15. The normalized spacial score (nSPS) is 38.1. The van der Waals surface area contributed by atoms with E-state index in [2.05, 4.69) is 0 Å². The molecule has 2 aliphatic rings. The molecule has 1 amide bonds. The molecule has 1 aliphatic carbocycles. The van der Waals surface area contributed by atoms with Crippen LogP contribution in [0.5, 0.6) is 0 Å². The van der Waals surface area contributed by atoms with Crippen molar-refractivity contribution < 1.29 is 24.5 Å². The molecule has 1 heterocycles. The van der Waals surface area contributed by atoms with Gasteiger partial charge in [-0.15, -0.1) is 0 Å². The van der Waals surface area contributed by atoms with Gasteiger partial charge in [-0.25, -0.2) is 4.79 Å². The number of rotatable bonds is 4. The van der Waals surface area contributed by atoms with Crippen LogP contribution in [-0.4, -0.2) is 63.9 Å². The van der Waals surface area contributed by atoms with Crippen molar-refractivity contribution in [1.29, 1.82) is 0 Å². The molecule has 7 heteroatoms. The molecule has 1 saturated carbocycles. The smallest absolute Gasteiger partial charge is 0.326 e. The Bertz CT molecular complexity index is 453. The number of amides is 1. The molecule has 21 heavy (non-hydrogen) atoms. The van der Waals surface area contributed by atoms with Gasteiger partial charge in [0, 0.05) is 31.4 Å². The highest BCUT2D eigenvalue weighted by molar-refractivity contribution is 5.92. The average Bonchev–Trinajstić information content (AvgIpc) is 2.79. The Labute approximate surface area is 124 Å². The number of ether oxygens (including phenoxy) is 1. The van der Waals surface area contributed by atoms with Crippen molar-refractivity contribution in [1.82, 2.24) is 4.90 Å². The fraction of sp³-hybridized carbons (Fsp3) is 0.857. The largest absolute Gasteiger partial charge is 0.480 e. The first-order valence-electron chi connectivity index (χ1n) is 7.27. The number of hydrogen-bond donors (Lipinski definition) is 3. The molecule has 0 aromatic rings. The molecule has 4 atom stereocenters. The fourth-order valence-corrected chi connectivity index (χ4v) is 3.33. The summed E-state index contributed by atoms with van der Waals surface area (Å²) in [4.78, 5) is 25.2. The summed E-state index contributed by atoms with van der Waals surface area (Å²) in [7, 11) is 0. The maximum atomic E-state index is 12.7. The third-order valence-corrected chi connectivity index (χ3v) is 5.04. The van der Waals surface area contributed by atoms with Crippen molar-refractivity contribution in [3.63, 3.8) is 0 Å². The lowest BCUT2D eigenvalue weighted by Crippen LogP contribution is -2.76. The Hall–Kier alpha value is -1.18. The predicted molar refractivity (Wildman–Crippen MR) is 74.5 cm³/mol. The van der Waals surface area contributed by atoms with E-state index in [4.69, 9.17) is 10.5 Å². The Balaban J connectivity index is 2.18. The fourth-order valence-electron chi connectivity index (χ4n) is 3.33. The van der Waals surface area contributed by atoms with Gasteiger partial charge < -0.3 is 25.6 Å². The van der Waals surface area contributed by atoms with Gasteiger partial charge in [-0.2, -0.15) is 0 Å². The van der Waals surface area contributed by atoms with E-state index < -0.39 is 35.0 Å².